The smallest absolute Gasteiger partial charge is 0.142 e. The lowest BCUT2D eigenvalue weighted by Gasteiger charge is -2.15. The first kappa shape index (κ1) is 15.3. The summed E-state index contributed by atoms with van der Waals surface area (Å²) in [5, 5.41) is 22.7. The fourth-order valence-corrected chi connectivity index (χ4v) is 3.14. The first-order chi connectivity index (χ1) is 9.54. The summed E-state index contributed by atoms with van der Waals surface area (Å²) in [6.45, 7) is 1.97. The lowest BCUT2D eigenvalue weighted by atomic mass is 10.1. The topological polar surface area (TPSA) is 65.4 Å². The molecule has 3 N–H and O–H groups in total. The van der Waals surface area contributed by atoms with Crippen molar-refractivity contribution in [2.75, 3.05) is 5.32 Å². The van der Waals surface area contributed by atoms with E-state index in [9.17, 15) is 10.2 Å². The second-order valence-electron chi connectivity index (χ2n) is 4.30. The fourth-order valence-electron chi connectivity index (χ4n) is 1.86. The van der Waals surface area contributed by atoms with Crippen molar-refractivity contribution >= 4 is 37.5 Å². The van der Waals surface area contributed by atoms with E-state index < -0.39 is 0 Å². The Bertz CT molecular complexity index is 613. The molecule has 0 saturated carbocycles. The van der Waals surface area contributed by atoms with Gasteiger partial charge >= 0.3 is 0 Å². The Morgan fingerprint density at radius 1 is 1.25 bits per heavy atom. The van der Waals surface area contributed by atoms with E-state index in [1.807, 2.05) is 18.2 Å². The van der Waals surface area contributed by atoms with E-state index in [0.717, 1.165) is 14.6 Å². The molecular formula is C14H14Br2N2O2. The molecule has 1 heterocycles. The highest BCUT2D eigenvalue weighted by Gasteiger charge is 2.12. The van der Waals surface area contributed by atoms with Gasteiger partial charge in [-0.05, 0) is 50.9 Å². The minimum atomic E-state index is -0.158. The second kappa shape index (κ2) is 6.56. The number of rotatable bonds is 4. The molecule has 0 fully saturated rings. The van der Waals surface area contributed by atoms with Gasteiger partial charge in [-0.2, -0.15) is 0 Å². The van der Waals surface area contributed by atoms with Gasteiger partial charge in [0.25, 0.3) is 0 Å². The van der Waals surface area contributed by atoms with E-state index in [1.165, 1.54) is 0 Å². The molecule has 106 valence electrons. The van der Waals surface area contributed by atoms with E-state index in [2.05, 4.69) is 42.2 Å². The number of aryl methyl sites for hydroxylation is 1. The third kappa shape index (κ3) is 3.13. The van der Waals surface area contributed by atoms with Crippen LogP contribution < -0.4 is 5.32 Å². The molecule has 0 aliphatic heterocycles. The maximum absolute atomic E-state index is 10.1. The third-order valence-electron chi connectivity index (χ3n) is 3.01. The predicted molar refractivity (Wildman–Crippen MR) is 85.7 cm³/mol. The summed E-state index contributed by atoms with van der Waals surface area (Å²) >= 11 is 6.95. The van der Waals surface area contributed by atoms with Gasteiger partial charge in [-0.25, -0.2) is 0 Å². The van der Waals surface area contributed by atoms with Gasteiger partial charge in [0.2, 0.25) is 0 Å². The molecular weight excluding hydrogens is 388 g/mol. The SMILES string of the molecule is Cc1ncc(CO)c(CNc2c(Br)cccc2Br)c1O. The van der Waals surface area contributed by atoms with Gasteiger partial charge < -0.3 is 15.5 Å². The fraction of sp³-hybridized carbons (Fsp3) is 0.214. The molecule has 0 saturated heterocycles. The van der Waals surface area contributed by atoms with Crippen molar-refractivity contribution in [1.82, 2.24) is 4.98 Å². The molecule has 20 heavy (non-hydrogen) atoms. The number of hydrogen-bond acceptors (Lipinski definition) is 4. The molecule has 0 bridgehead atoms. The molecule has 6 heteroatoms. The number of nitrogens with one attached hydrogen (secondary N) is 1. The standard InChI is InChI=1S/C14H14Br2N2O2/c1-8-14(20)10(9(7-19)5-17-8)6-18-13-11(15)3-2-4-12(13)16/h2-5,18-20H,6-7H2,1H3. The van der Waals surface area contributed by atoms with Crippen molar-refractivity contribution in [2.45, 2.75) is 20.1 Å². The minimum Gasteiger partial charge on any atom is -0.506 e. The molecule has 0 amide bonds. The molecule has 2 rings (SSSR count). The van der Waals surface area contributed by atoms with Gasteiger partial charge in [0.1, 0.15) is 5.75 Å². The second-order valence-corrected chi connectivity index (χ2v) is 6.01. The summed E-state index contributed by atoms with van der Waals surface area (Å²) in [6.07, 6.45) is 1.58. The van der Waals surface area contributed by atoms with Crippen molar-refractivity contribution in [2.24, 2.45) is 0 Å². The highest BCUT2D eigenvalue weighted by Crippen LogP contribution is 2.32. The van der Waals surface area contributed by atoms with Crippen LogP contribution in [0.2, 0.25) is 0 Å². The van der Waals surface area contributed by atoms with Crippen molar-refractivity contribution in [3.05, 3.63) is 50.2 Å². The number of para-hydroxylation sites is 1. The summed E-state index contributed by atoms with van der Waals surface area (Å²) in [5.74, 6) is 0.118. The molecule has 1 aromatic heterocycles. The highest BCUT2D eigenvalue weighted by atomic mass is 79.9. The van der Waals surface area contributed by atoms with Crippen molar-refractivity contribution in [3.8, 4) is 5.75 Å². The van der Waals surface area contributed by atoms with Gasteiger partial charge in [-0.3, -0.25) is 4.98 Å². The number of anilines is 1. The molecule has 1 aromatic carbocycles. The Morgan fingerprint density at radius 2 is 1.90 bits per heavy atom. The average molecular weight is 402 g/mol. The monoisotopic (exact) mass is 400 g/mol. The van der Waals surface area contributed by atoms with E-state index in [1.54, 1.807) is 13.1 Å². The molecule has 0 atom stereocenters. The molecule has 0 spiro atoms. The van der Waals surface area contributed by atoms with Crippen LogP contribution >= 0.6 is 31.9 Å². The van der Waals surface area contributed by atoms with Crippen LogP contribution in [0.25, 0.3) is 0 Å². The lowest BCUT2D eigenvalue weighted by molar-refractivity contribution is 0.279. The number of aromatic nitrogens is 1. The van der Waals surface area contributed by atoms with Crippen LogP contribution in [0.5, 0.6) is 5.75 Å². The molecule has 0 aliphatic carbocycles. The van der Waals surface area contributed by atoms with Gasteiger partial charge in [-0.15, -0.1) is 0 Å². The molecule has 0 aliphatic rings. The Hall–Kier alpha value is -1.11. The van der Waals surface area contributed by atoms with E-state index in [-0.39, 0.29) is 12.4 Å². The first-order valence-corrected chi connectivity index (χ1v) is 7.58. The number of halogens is 2. The number of hydrogen-bond donors (Lipinski definition) is 3. The van der Waals surface area contributed by atoms with Crippen molar-refractivity contribution in [1.29, 1.82) is 0 Å². The zero-order chi connectivity index (χ0) is 14.7. The number of pyridine rings is 1. The maximum atomic E-state index is 10.1. The van der Waals surface area contributed by atoms with E-state index in [4.69, 9.17) is 0 Å². The van der Waals surface area contributed by atoms with Crippen molar-refractivity contribution in [3.63, 3.8) is 0 Å². The van der Waals surface area contributed by atoms with Gasteiger partial charge in [-0.1, -0.05) is 6.07 Å². The lowest BCUT2D eigenvalue weighted by Crippen LogP contribution is -2.06. The summed E-state index contributed by atoms with van der Waals surface area (Å²) in [4.78, 5) is 4.04. The normalized spacial score (nSPS) is 10.6. The first-order valence-electron chi connectivity index (χ1n) is 5.99. The zero-order valence-corrected chi connectivity index (χ0v) is 14.0. The average Bonchev–Trinajstić information content (AvgIpc) is 2.42. The summed E-state index contributed by atoms with van der Waals surface area (Å²) in [5.41, 5.74) is 2.71. The highest BCUT2D eigenvalue weighted by molar-refractivity contribution is 9.11. The summed E-state index contributed by atoms with van der Waals surface area (Å²) in [6, 6.07) is 5.78. The number of aliphatic hydroxyl groups excluding tert-OH is 1. The Balaban J connectivity index is 2.29. The molecule has 0 unspecified atom stereocenters. The van der Waals surface area contributed by atoms with Gasteiger partial charge in [0.05, 0.1) is 18.0 Å². The van der Waals surface area contributed by atoms with Crippen LogP contribution in [-0.4, -0.2) is 15.2 Å². The zero-order valence-electron chi connectivity index (χ0n) is 10.8. The number of benzene rings is 1. The maximum Gasteiger partial charge on any atom is 0.142 e. The third-order valence-corrected chi connectivity index (χ3v) is 4.33. The Kier molecular flexibility index (Phi) is 5.01. The largest absolute Gasteiger partial charge is 0.506 e. The van der Waals surface area contributed by atoms with Crippen LogP contribution in [0, 0.1) is 6.92 Å². The number of aliphatic hydroxyl groups is 1. The molecule has 4 nitrogen and oxygen atoms in total. The van der Waals surface area contributed by atoms with E-state index >= 15 is 0 Å². The van der Waals surface area contributed by atoms with E-state index in [0.29, 0.717) is 23.4 Å². The van der Waals surface area contributed by atoms with Crippen LogP contribution in [0.3, 0.4) is 0 Å². The van der Waals surface area contributed by atoms with Crippen molar-refractivity contribution < 1.29 is 10.2 Å². The quantitative estimate of drug-likeness (QED) is 0.730. The van der Waals surface area contributed by atoms with Gasteiger partial charge in [0, 0.05) is 32.8 Å². The Morgan fingerprint density at radius 3 is 2.50 bits per heavy atom. The van der Waals surface area contributed by atoms with Crippen LogP contribution in [0.1, 0.15) is 16.8 Å². The van der Waals surface area contributed by atoms with Crippen LogP contribution in [0.4, 0.5) is 5.69 Å². The summed E-state index contributed by atoms with van der Waals surface area (Å²) in [7, 11) is 0. The van der Waals surface area contributed by atoms with Crippen LogP contribution in [0.15, 0.2) is 33.3 Å². The number of nitrogens with zero attached hydrogens (tertiary/aromatic N) is 1. The Labute approximate surface area is 134 Å². The number of aromatic hydroxyl groups is 1. The molecule has 2 aromatic rings. The summed E-state index contributed by atoms with van der Waals surface area (Å²) < 4.78 is 1.84. The minimum absolute atomic E-state index is 0.118. The van der Waals surface area contributed by atoms with Crippen LogP contribution in [-0.2, 0) is 13.2 Å². The molecule has 0 radical (unpaired) electrons. The van der Waals surface area contributed by atoms with Gasteiger partial charge in [0.15, 0.2) is 0 Å². The predicted octanol–water partition coefficient (Wildman–Crippen LogP) is 3.73.